The van der Waals surface area contributed by atoms with Crippen LogP contribution in [0.1, 0.15) is 43.2 Å². The maximum atomic E-state index is 12.4. The minimum Gasteiger partial charge on any atom is -0.444 e. The van der Waals surface area contributed by atoms with Gasteiger partial charge in [0, 0.05) is 42.2 Å². The van der Waals surface area contributed by atoms with E-state index in [2.05, 4.69) is 37.6 Å². The monoisotopic (exact) mass is 314 g/mol. The van der Waals surface area contributed by atoms with Gasteiger partial charge in [-0.1, -0.05) is 6.07 Å². The first kappa shape index (κ1) is 15.9. The van der Waals surface area contributed by atoms with Gasteiger partial charge in [-0.05, 0) is 51.8 Å². The van der Waals surface area contributed by atoms with Gasteiger partial charge in [-0.2, -0.15) is 0 Å². The number of fused-ring (bicyclic) bond motifs is 3. The molecule has 0 bridgehead atoms. The second-order valence-electron chi connectivity index (χ2n) is 7.61. The summed E-state index contributed by atoms with van der Waals surface area (Å²) >= 11 is 0. The Hall–Kier alpha value is -1.97. The van der Waals surface area contributed by atoms with Crippen LogP contribution in [0.2, 0.25) is 0 Å². The SMILES string of the molecule is Cc1cc(C)c2c3c(n(C)c2c1)CCN(C(=O)OC(C)(C)C)C3. The van der Waals surface area contributed by atoms with Crippen LogP contribution in [0.5, 0.6) is 0 Å². The smallest absolute Gasteiger partial charge is 0.410 e. The van der Waals surface area contributed by atoms with Crippen molar-refractivity contribution in [1.82, 2.24) is 9.47 Å². The van der Waals surface area contributed by atoms with E-state index in [1.807, 2.05) is 25.7 Å². The average molecular weight is 314 g/mol. The lowest BCUT2D eigenvalue weighted by Crippen LogP contribution is -2.40. The number of carbonyl (C=O) groups is 1. The Morgan fingerprint density at radius 3 is 2.57 bits per heavy atom. The molecule has 0 unspecified atom stereocenters. The van der Waals surface area contributed by atoms with Crippen LogP contribution in [0.25, 0.3) is 10.9 Å². The quantitative estimate of drug-likeness (QED) is 0.734. The zero-order valence-electron chi connectivity index (χ0n) is 15.0. The third-order valence-electron chi connectivity index (χ3n) is 4.49. The van der Waals surface area contributed by atoms with Crippen molar-refractivity contribution in [2.75, 3.05) is 6.54 Å². The van der Waals surface area contributed by atoms with E-state index in [0.717, 1.165) is 6.42 Å². The highest BCUT2D eigenvalue weighted by molar-refractivity contribution is 5.90. The fourth-order valence-corrected chi connectivity index (χ4v) is 3.58. The normalized spacial score (nSPS) is 15.0. The number of rotatable bonds is 0. The van der Waals surface area contributed by atoms with Crippen molar-refractivity contribution in [3.63, 3.8) is 0 Å². The minimum atomic E-state index is -0.455. The molecular weight excluding hydrogens is 288 g/mol. The predicted octanol–water partition coefficient (Wildman–Crippen LogP) is 4.09. The second kappa shape index (κ2) is 5.29. The van der Waals surface area contributed by atoms with E-state index in [4.69, 9.17) is 4.74 Å². The summed E-state index contributed by atoms with van der Waals surface area (Å²) in [5, 5.41) is 1.29. The minimum absolute atomic E-state index is 0.218. The van der Waals surface area contributed by atoms with Crippen molar-refractivity contribution in [2.24, 2.45) is 7.05 Å². The number of aromatic nitrogens is 1. The van der Waals surface area contributed by atoms with Crippen molar-refractivity contribution in [3.05, 3.63) is 34.5 Å². The number of hydrogen-bond donors (Lipinski definition) is 0. The number of carbonyl (C=O) groups excluding carboxylic acids is 1. The maximum Gasteiger partial charge on any atom is 0.410 e. The number of nitrogens with zero attached hydrogens (tertiary/aromatic N) is 2. The molecule has 0 N–H and O–H groups in total. The Morgan fingerprint density at radius 1 is 1.22 bits per heavy atom. The van der Waals surface area contributed by atoms with E-state index in [-0.39, 0.29) is 6.09 Å². The van der Waals surface area contributed by atoms with Crippen LogP contribution in [0.4, 0.5) is 4.79 Å². The zero-order chi connectivity index (χ0) is 16.9. The lowest BCUT2D eigenvalue weighted by molar-refractivity contribution is 0.0223. The summed E-state index contributed by atoms with van der Waals surface area (Å²) in [4.78, 5) is 14.2. The highest BCUT2D eigenvalue weighted by Gasteiger charge is 2.29. The largest absolute Gasteiger partial charge is 0.444 e. The maximum absolute atomic E-state index is 12.4. The van der Waals surface area contributed by atoms with Crippen LogP contribution in [0, 0.1) is 13.8 Å². The fraction of sp³-hybridized carbons (Fsp3) is 0.526. The Labute approximate surface area is 138 Å². The van der Waals surface area contributed by atoms with Crippen molar-refractivity contribution in [1.29, 1.82) is 0 Å². The molecule has 3 rings (SSSR count). The molecule has 1 aromatic heterocycles. The van der Waals surface area contributed by atoms with Crippen molar-refractivity contribution < 1.29 is 9.53 Å². The standard InChI is InChI=1S/C19H26N2O2/c1-12-9-13(2)17-14-11-21(18(22)23-19(3,4)5)8-7-15(14)20(6)16(17)10-12/h9-10H,7-8,11H2,1-6H3. The third kappa shape index (κ3) is 2.82. The first-order valence-electron chi connectivity index (χ1n) is 8.22. The lowest BCUT2D eigenvalue weighted by atomic mass is 10.00. The van der Waals surface area contributed by atoms with Crippen LogP contribution in [-0.2, 0) is 24.8 Å². The average Bonchev–Trinajstić information content (AvgIpc) is 2.70. The lowest BCUT2D eigenvalue weighted by Gasteiger charge is -2.30. The van der Waals surface area contributed by atoms with Crippen LogP contribution in [0.3, 0.4) is 0 Å². The van der Waals surface area contributed by atoms with Crippen LogP contribution >= 0.6 is 0 Å². The summed E-state index contributed by atoms with van der Waals surface area (Å²) in [6.45, 7) is 11.4. The molecule has 0 aliphatic carbocycles. The van der Waals surface area contributed by atoms with E-state index in [9.17, 15) is 4.79 Å². The summed E-state index contributed by atoms with van der Waals surface area (Å²) in [6.07, 6.45) is 0.656. The van der Waals surface area contributed by atoms with Gasteiger partial charge < -0.3 is 14.2 Å². The summed E-state index contributed by atoms with van der Waals surface area (Å²) in [5.74, 6) is 0. The molecule has 0 atom stereocenters. The van der Waals surface area contributed by atoms with Crippen LogP contribution < -0.4 is 0 Å². The van der Waals surface area contributed by atoms with E-state index in [1.165, 1.54) is 33.3 Å². The van der Waals surface area contributed by atoms with E-state index in [1.54, 1.807) is 0 Å². The van der Waals surface area contributed by atoms with Crippen molar-refractivity contribution >= 4 is 17.0 Å². The van der Waals surface area contributed by atoms with Gasteiger partial charge in [0.2, 0.25) is 0 Å². The Balaban J connectivity index is 2.01. The number of aryl methyl sites for hydroxylation is 3. The first-order valence-corrected chi connectivity index (χ1v) is 8.22. The van der Waals surface area contributed by atoms with Gasteiger partial charge in [0.15, 0.2) is 0 Å². The summed E-state index contributed by atoms with van der Waals surface area (Å²) in [5.41, 5.74) is 5.98. The van der Waals surface area contributed by atoms with E-state index < -0.39 is 5.60 Å². The molecule has 2 aromatic rings. The molecule has 4 heteroatoms. The number of hydrogen-bond acceptors (Lipinski definition) is 2. The Morgan fingerprint density at radius 2 is 1.91 bits per heavy atom. The first-order chi connectivity index (χ1) is 10.7. The van der Waals surface area contributed by atoms with Gasteiger partial charge in [0.05, 0.1) is 6.54 Å². The van der Waals surface area contributed by atoms with Crippen molar-refractivity contribution in [2.45, 2.75) is 53.2 Å². The highest BCUT2D eigenvalue weighted by atomic mass is 16.6. The Bertz CT molecular complexity index is 781. The molecule has 4 nitrogen and oxygen atoms in total. The summed E-state index contributed by atoms with van der Waals surface area (Å²) in [6, 6.07) is 4.45. The highest BCUT2D eigenvalue weighted by Crippen LogP contribution is 2.33. The molecule has 0 saturated carbocycles. The van der Waals surface area contributed by atoms with Gasteiger partial charge in [0.1, 0.15) is 5.60 Å². The van der Waals surface area contributed by atoms with E-state index >= 15 is 0 Å². The fourth-order valence-electron chi connectivity index (χ4n) is 3.58. The van der Waals surface area contributed by atoms with Gasteiger partial charge in [-0.3, -0.25) is 0 Å². The van der Waals surface area contributed by atoms with Gasteiger partial charge in [-0.15, -0.1) is 0 Å². The second-order valence-corrected chi connectivity index (χ2v) is 7.61. The predicted molar refractivity (Wildman–Crippen MR) is 92.7 cm³/mol. The molecule has 1 aromatic carbocycles. The number of amides is 1. The van der Waals surface area contributed by atoms with Gasteiger partial charge in [-0.25, -0.2) is 4.79 Å². The van der Waals surface area contributed by atoms with Crippen molar-refractivity contribution in [3.8, 4) is 0 Å². The van der Waals surface area contributed by atoms with Gasteiger partial charge >= 0.3 is 6.09 Å². The molecule has 0 spiro atoms. The number of benzene rings is 1. The van der Waals surface area contributed by atoms with E-state index in [0.29, 0.717) is 13.1 Å². The molecule has 124 valence electrons. The third-order valence-corrected chi connectivity index (χ3v) is 4.49. The molecule has 0 fully saturated rings. The number of ether oxygens (including phenoxy) is 1. The molecular formula is C19H26N2O2. The molecule has 1 aliphatic heterocycles. The van der Waals surface area contributed by atoms with Crippen LogP contribution in [-0.4, -0.2) is 27.7 Å². The summed E-state index contributed by atoms with van der Waals surface area (Å²) in [7, 11) is 2.13. The molecule has 1 aliphatic rings. The summed E-state index contributed by atoms with van der Waals surface area (Å²) < 4.78 is 7.83. The molecule has 2 heterocycles. The molecule has 0 radical (unpaired) electrons. The topological polar surface area (TPSA) is 34.5 Å². The molecule has 23 heavy (non-hydrogen) atoms. The zero-order valence-corrected chi connectivity index (χ0v) is 15.0. The van der Waals surface area contributed by atoms with Crippen LogP contribution in [0.15, 0.2) is 12.1 Å². The molecule has 0 saturated heterocycles. The molecule has 1 amide bonds. The Kier molecular flexibility index (Phi) is 3.66. The van der Waals surface area contributed by atoms with Gasteiger partial charge in [0.25, 0.3) is 0 Å².